The molecule has 2 rings (SSSR count). The molecule has 0 aliphatic rings. The molecule has 98 valence electrons. The van der Waals surface area contributed by atoms with Crippen LogP contribution < -0.4 is 15.8 Å². The zero-order chi connectivity index (χ0) is 13.8. The fourth-order valence-corrected chi connectivity index (χ4v) is 2.06. The van der Waals surface area contributed by atoms with Crippen LogP contribution >= 0.6 is 15.9 Å². The number of hydrogen-bond acceptors (Lipinski definition) is 4. The Labute approximate surface area is 118 Å². The van der Waals surface area contributed by atoms with E-state index in [1.54, 1.807) is 43.5 Å². The van der Waals surface area contributed by atoms with E-state index in [4.69, 9.17) is 10.5 Å². The largest absolute Gasteiger partial charge is 0.496 e. The molecule has 0 atom stereocenters. The molecule has 0 aliphatic heterocycles. The van der Waals surface area contributed by atoms with Gasteiger partial charge in [-0.15, -0.1) is 0 Å². The van der Waals surface area contributed by atoms with Gasteiger partial charge in [0.15, 0.2) is 0 Å². The Bertz CT molecular complexity index is 617. The van der Waals surface area contributed by atoms with Crippen LogP contribution in [-0.4, -0.2) is 18.0 Å². The van der Waals surface area contributed by atoms with Gasteiger partial charge in [0, 0.05) is 5.69 Å². The van der Waals surface area contributed by atoms with Crippen LogP contribution in [0.5, 0.6) is 5.75 Å². The lowest BCUT2D eigenvalue weighted by Gasteiger charge is -2.08. The topological polar surface area (TPSA) is 77.2 Å². The maximum atomic E-state index is 12.0. The van der Waals surface area contributed by atoms with E-state index in [2.05, 4.69) is 26.2 Å². The maximum Gasteiger partial charge on any atom is 0.274 e. The van der Waals surface area contributed by atoms with E-state index >= 15 is 0 Å². The van der Waals surface area contributed by atoms with Crippen molar-refractivity contribution in [3.63, 3.8) is 0 Å². The van der Waals surface area contributed by atoms with Gasteiger partial charge in [0.2, 0.25) is 0 Å². The van der Waals surface area contributed by atoms with Gasteiger partial charge in [-0.3, -0.25) is 4.79 Å². The van der Waals surface area contributed by atoms with Crippen LogP contribution in [0.4, 0.5) is 11.5 Å². The van der Waals surface area contributed by atoms with Crippen LogP contribution in [-0.2, 0) is 0 Å². The highest BCUT2D eigenvalue weighted by Gasteiger charge is 2.09. The van der Waals surface area contributed by atoms with Crippen molar-refractivity contribution in [1.82, 2.24) is 4.98 Å². The number of rotatable bonds is 3. The van der Waals surface area contributed by atoms with E-state index in [-0.39, 0.29) is 11.6 Å². The first-order valence-electron chi connectivity index (χ1n) is 5.47. The lowest BCUT2D eigenvalue weighted by molar-refractivity contribution is 0.102. The molecule has 0 unspecified atom stereocenters. The number of pyridine rings is 1. The molecule has 0 fully saturated rings. The highest BCUT2D eigenvalue weighted by Crippen LogP contribution is 2.27. The minimum absolute atomic E-state index is 0.270. The smallest absolute Gasteiger partial charge is 0.274 e. The summed E-state index contributed by atoms with van der Waals surface area (Å²) in [6.07, 6.45) is 0. The average molecular weight is 322 g/mol. The van der Waals surface area contributed by atoms with Crippen LogP contribution in [0.3, 0.4) is 0 Å². The van der Waals surface area contributed by atoms with Gasteiger partial charge < -0.3 is 15.8 Å². The molecule has 0 radical (unpaired) electrons. The number of nitrogens with two attached hydrogens (primary N) is 1. The van der Waals surface area contributed by atoms with E-state index in [1.165, 1.54) is 0 Å². The Morgan fingerprint density at radius 3 is 2.79 bits per heavy atom. The molecule has 1 aromatic heterocycles. The number of halogens is 1. The highest BCUT2D eigenvalue weighted by molar-refractivity contribution is 9.10. The Balaban J connectivity index is 2.17. The van der Waals surface area contributed by atoms with Gasteiger partial charge in [0.05, 0.1) is 11.6 Å². The molecule has 1 aromatic carbocycles. The van der Waals surface area contributed by atoms with Crippen molar-refractivity contribution in [3.8, 4) is 5.75 Å². The third kappa shape index (κ3) is 3.23. The number of anilines is 2. The van der Waals surface area contributed by atoms with Gasteiger partial charge in [-0.25, -0.2) is 4.98 Å². The number of amides is 1. The van der Waals surface area contributed by atoms with Crippen molar-refractivity contribution < 1.29 is 9.53 Å². The van der Waals surface area contributed by atoms with Crippen molar-refractivity contribution in [3.05, 3.63) is 46.6 Å². The number of hydrogen-bond donors (Lipinski definition) is 2. The predicted octanol–water partition coefficient (Wildman–Crippen LogP) is 2.69. The van der Waals surface area contributed by atoms with E-state index in [1.807, 2.05) is 0 Å². The number of carbonyl (C=O) groups excluding carboxylic acids is 1. The lowest BCUT2D eigenvalue weighted by atomic mass is 10.2. The molecule has 0 aliphatic carbocycles. The zero-order valence-electron chi connectivity index (χ0n) is 10.2. The fraction of sp³-hybridized carbons (Fsp3) is 0.0769. The molecule has 0 saturated heterocycles. The monoisotopic (exact) mass is 321 g/mol. The van der Waals surface area contributed by atoms with Crippen LogP contribution in [0.2, 0.25) is 0 Å². The summed E-state index contributed by atoms with van der Waals surface area (Å²) in [7, 11) is 1.58. The number of benzene rings is 1. The maximum absolute atomic E-state index is 12.0. The quantitative estimate of drug-likeness (QED) is 0.911. The van der Waals surface area contributed by atoms with Crippen LogP contribution in [0.15, 0.2) is 40.9 Å². The first-order chi connectivity index (χ1) is 9.10. The standard InChI is InChI=1S/C13H12BrN3O2/c1-19-11-6-5-8(7-9(11)14)16-13(18)10-3-2-4-12(15)17-10/h2-7H,1H3,(H2,15,17)(H,16,18). The number of ether oxygens (including phenoxy) is 1. The second-order valence-corrected chi connectivity index (χ2v) is 4.61. The lowest BCUT2D eigenvalue weighted by Crippen LogP contribution is -2.14. The average Bonchev–Trinajstić information content (AvgIpc) is 2.39. The van der Waals surface area contributed by atoms with Crippen molar-refractivity contribution in [2.75, 3.05) is 18.2 Å². The van der Waals surface area contributed by atoms with Crippen LogP contribution in [0, 0.1) is 0 Å². The molecule has 2 aromatic rings. The minimum atomic E-state index is -0.315. The van der Waals surface area contributed by atoms with Gasteiger partial charge in [0.1, 0.15) is 17.3 Å². The number of nitrogens with one attached hydrogen (secondary N) is 1. The van der Waals surface area contributed by atoms with E-state index in [0.717, 1.165) is 4.47 Å². The number of carbonyl (C=O) groups is 1. The summed E-state index contributed by atoms with van der Waals surface area (Å²) in [5.41, 5.74) is 6.45. The van der Waals surface area contributed by atoms with E-state index in [0.29, 0.717) is 17.3 Å². The first kappa shape index (κ1) is 13.4. The minimum Gasteiger partial charge on any atom is -0.496 e. The van der Waals surface area contributed by atoms with Gasteiger partial charge >= 0.3 is 0 Å². The van der Waals surface area contributed by atoms with Crippen LogP contribution in [0.1, 0.15) is 10.5 Å². The zero-order valence-corrected chi connectivity index (χ0v) is 11.8. The number of methoxy groups -OCH3 is 1. The van der Waals surface area contributed by atoms with Gasteiger partial charge in [0.25, 0.3) is 5.91 Å². The number of nitrogens with zero attached hydrogens (tertiary/aromatic N) is 1. The second kappa shape index (κ2) is 5.71. The first-order valence-corrected chi connectivity index (χ1v) is 6.27. The summed E-state index contributed by atoms with van der Waals surface area (Å²) in [6.45, 7) is 0. The molecular formula is C13H12BrN3O2. The molecule has 19 heavy (non-hydrogen) atoms. The number of aromatic nitrogens is 1. The molecule has 3 N–H and O–H groups in total. The summed E-state index contributed by atoms with van der Waals surface area (Å²) in [4.78, 5) is 15.9. The third-order valence-corrected chi connectivity index (χ3v) is 3.03. The van der Waals surface area contributed by atoms with Crippen LogP contribution in [0.25, 0.3) is 0 Å². The molecule has 0 saturated carbocycles. The molecular weight excluding hydrogens is 310 g/mol. The van der Waals surface area contributed by atoms with Crippen molar-refractivity contribution in [2.45, 2.75) is 0 Å². The SMILES string of the molecule is COc1ccc(NC(=O)c2cccc(N)n2)cc1Br. The summed E-state index contributed by atoms with van der Waals surface area (Å²) in [5, 5.41) is 2.74. The summed E-state index contributed by atoms with van der Waals surface area (Å²) in [6, 6.07) is 10.2. The molecule has 5 nitrogen and oxygen atoms in total. The summed E-state index contributed by atoms with van der Waals surface area (Å²) in [5.74, 6) is 0.688. The van der Waals surface area contributed by atoms with Gasteiger partial charge in [-0.05, 0) is 46.3 Å². The second-order valence-electron chi connectivity index (χ2n) is 3.75. The fourth-order valence-electron chi connectivity index (χ4n) is 1.52. The van der Waals surface area contributed by atoms with E-state index < -0.39 is 0 Å². The molecule has 6 heteroatoms. The van der Waals surface area contributed by atoms with Gasteiger partial charge in [-0.2, -0.15) is 0 Å². The molecule has 0 spiro atoms. The molecule has 0 bridgehead atoms. The van der Waals surface area contributed by atoms with Crippen molar-refractivity contribution >= 4 is 33.3 Å². The predicted molar refractivity (Wildman–Crippen MR) is 77.3 cm³/mol. The number of nitrogen functional groups attached to an aromatic ring is 1. The Hall–Kier alpha value is -2.08. The van der Waals surface area contributed by atoms with Crippen molar-refractivity contribution in [1.29, 1.82) is 0 Å². The van der Waals surface area contributed by atoms with Crippen molar-refractivity contribution in [2.24, 2.45) is 0 Å². The third-order valence-electron chi connectivity index (χ3n) is 2.41. The van der Waals surface area contributed by atoms with E-state index in [9.17, 15) is 4.79 Å². The summed E-state index contributed by atoms with van der Waals surface area (Å²) < 4.78 is 5.87. The molecule has 1 heterocycles. The highest BCUT2D eigenvalue weighted by atomic mass is 79.9. The Morgan fingerprint density at radius 2 is 2.16 bits per heavy atom. The normalized spacial score (nSPS) is 10.0. The summed E-state index contributed by atoms with van der Waals surface area (Å²) >= 11 is 3.35. The Morgan fingerprint density at radius 1 is 1.37 bits per heavy atom. The molecule has 1 amide bonds. The Kier molecular flexibility index (Phi) is 4.01. The van der Waals surface area contributed by atoms with Gasteiger partial charge in [-0.1, -0.05) is 6.07 Å².